The van der Waals surface area contributed by atoms with Crippen LogP contribution in [0.5, 0.6) is 0 Å². The number of rotatable bonds is 15. The minimum absolute atomic E-state index is 0.0607. The first kappa shape index (κ1) is 30.0. The summed E-state index contributed by atoms with van der Waals surface area (Å²) in [6, 6.07) is -4.62. The predicted octanol–water partition coefficient (Wildman–Crippen LogP) is -2.36. The van der Waals surface area contributed by atoms with Crippen molar-refractivity contribution in [3.63, 3.8) is 0 Å². The molecular weight excluding hydrogens is 482 g/mol. The molecule has 3 amide bonds. The van der Waals surface area contributed by atoms with Crippen molar-refractivity contribution in [3.05, 3.63) is 0 Å². The minimum atomic E-state index is -1.48. The number of aliphatic imine (C=N–C) groups is 1. The third-order valence-corrected chi connectivity index (χ3v) is 6.01. The van der Waals surface area contributed by atoms with Gasteiger partial charge in [-0.25, -0.2) is 4.79 Å². The van der Waals surface area contributed by atoms with Gasteiger partial charge in [0.25, 0.3) is 0 Å². The van der Waals surface area contributed by atoms with Crippen molar-refractivity contribution < 1.29 is 34.2 Å². The number of hydrogen-bond donors (Lipinski definition) is 7. The van der Waals surface area contributed by atoms with E-state index in [1.54, 1.807) is 0 Å². The molecule has 1 aliphatic rings. The summed E-state index contributed by atoms with van der Waals surface area (Å²) in [6.07, 6.45) is 2.53. The van der Waals surface area contributed by atoms with Crippen LogP contribution in [0.15, 0.2) is 4.99 Å². The van der Waals surface area contributed by atoms with Crippen LogP contribution in [0.3, 0.4) is 0 Å². The van der Waals surface area contributed by atoms with Crippen molar-refractivity contribution in [1.82, 2.24) is 15.5 Å². The molecule has 0 saturated carbocycles. The molecule has 10 N–H and O–H groups in total. The van der Waals surface area contributed by atoms with Crippen LogP contribution in [0.25, 0.3) is 0 Å². The molecule has 15 heteroatoms. The fourth-order valence-electron chi connectivity index (χ4n) is 3.56. The van der Waals surface area contributed by atoms with Crippen LogP contribution in [0, 0.1) is 0 Å². The monoisotopic (exact) mass is 517 g/mol. The Hall–Kier alpha value is -3.07. The lowest BCUT2D eigenvalue weighted by Gasteiger charge is -2.28. The van der Waals surface area contributed by atoms with Gasteiger partial charge in [0, 0.05) is 13.1 Å². The second kappa shape index (κ2) is 15.0. The zero-order chi connectivity index (χ0) is 26.5. The number of thioether (sulfide) groups is 1. The van der Waals surface area contributed by atoms with E-state index in [4.69, 9.17) is 17.2 Å². The second-order valence-electron chi connectivity index (χ2n) is 8.08. The second-order valence-corrected chi connectivity index (χ2v) is 9.07. The lowest BCUT2D eigenvalue weighted by Crippen LogP contribution is -2.57. The quantitative estimate of drug-likeness (QED) is 0.0688. The maximum absolute atomic E-state index is 13.2. The Balaban J connectivity index is 3.02. The fraction of sp³-hybridized carbons (Fsp3) is 0.700. The Kier molecular flexibility index (Phi) is 12.9. The Morgan fingerprint density at radius 2 is 1.74 bits per heavy atom. The van der Waals surface area contributed by atoms with Crippen molar-refractivity contribution in [2.75, 3.05) is 25.1 Å². The van der Waals surface area contributed by atoms with Crippen LogP contribution in [0.1, 0.15) is 38.5 Å². The number of carboxylic acids is 2. The molecule has 0 aromatic carbocycles. The number of carbonyl (C=O) groups excluding carboxylic acids is 3. The molecule has 4 unspecified atom stereocenters. The van der Waals surface area contributed by atoms with Crippen LogP contribution >= 0.6 is 11.8 Å². The van der Waals surface area contributed by atoms with E-state index < -0.39 is 60.2 Å². The zero-order valence-electron chi connectivity index (χ0n) is 19.6. The van der Waals surface area contributed by atoms with Crippen LogP contribution in [-0.2, 0) is 24.0 Å². The lowest BCUT2D eigenvalue weighted by atomic mass is 10.1. The Morgan fingerprint density at radius 1 is 1.09 bits per heavy atom. The van der Waals surface area contributed by atoms with Gasteiger partial charge in [-0.15, -0.1) is 0 Å². The first-order valence-corrected chi connectivity index (χ1v) is 12.5. The number of carbonyl (C=O) groups is 5. The summed E-state index contributed by atoms with van der Waals surface area (Å²) in [5.41, 5.74) is 16.4. The number of likely N-dealkylation sites (tertiary alicyclic amines) is 1. The molecule has 0 spiro atoms. The molecule has 0 aromatic rings. The van der Waals surface area contributed by atoms with Gasteiger partial charge in [0.1, 0.15) is 18.1 Å². The van der Waals surface area contributed by atoms with Crippen LogP contribution in [0.2, 0.25) is 0 Å². The summed E-state index contributed by atoms with van der Waals surface area (Å²) in [6.45, 7) is 0.361. The predicted molar refractivity (Wildman–Crippen MR) is 129 cm³/mol. The summed E-state index contributed by atoms with van der Waals surface area (Å²) in [5, 5.41) is 23.5. The number of hydrogen-bond acceptors (Lipinski definition) is 8. The van der Waals surface area contributed by atoms with E-state index in [1.165, 1.54) is 16.7 Å². The van der Waals surface area contributed by atoms with E-state index in [1.807, 2.05) is 6.26 Å². The van der Waals surface area contributed by atoms with Gasteiger partial charge < -0.3 is 42.9 Å². The van der Waals surface area contributed by atoms with Crippen molar-refractivity contribution in [2.45, 2.75) is 62.7 Å². The molecule has 1 heterocycles. The average Bonchev–Trinajstić information content (AvgIpc) is 3.28. The van der Waals surface area contributed by atoms with E-state index in [0.717, 1.165) is 0 Å². The highest BCUT2D eigenvalue weighted by atomic mass is 32.2. The molecule has 1 aliphatic heterocycles. The molecule has 35 heavy (non-hydrogen) atoms. The maximum atomic E-state index is 13.2. The SMILES string of the molecule is CSCCC(N)C(=O)NC(CC(=O)O)C(=O)NC(CCCN=C(N)N)C(=O)N1CCCC1C(=O)O. The largest absolute Gasteiger partial charge is 0.481 e. The molecule has 198 valence electrons. The molecule has 0 aromatic heterocycles. The molecule has 0 aliphatic carbocycles. The molecule has 0 bridgehead atoms. The van der Waals surface area contributed by atoms with Gasteiger partial charge >= 0.3 is 11.9 Å². The van der Waals surface area contributed by atoms with Gasteiger partial charge in [-0.2, -0.15) is 11.8 Å². The number of carboxylic acid groups (broad SMARTS) is 2. The number of nitrogens with zero attached hydrogens (tertiary/aromatic N) is 2. The van der Waals surface area contributed by atoms with E-state index >= 15 is 0 Å². The summed E-state index contributed by atoms with van der Waals surface area (Å²) in [5.74, 6) is -4.27. The molecule has 14 nitrogen and oxygen atoms in total. The standard InChI is InChI=1S/C20H35N7O7S/c1-35-9-6-11(21)16(30)26-13(10-15(28)29)17(31)25-12(4-2-7-24-20(22)23)18(32)27-8-3-5-14(27)19(33)34/h11-14H,2-10,21H2,1H3,(H,25,31)(H,26,30)(H,28,29)(H,33,34)(H4,22,23,24). The van der Waals surface area contributed by atoms with Crippen molar-refractivity contribution in [2.24, 2.45) is 22.2 Å². The van der Waals surface area contributed by atoms with Gasteiger partial charge in [-0.1, -0.05) is 0 Å². The summed E-state index contributed by atoms with van der Waals surface area (Å²) in [4.78, 5) is 66.3. The smallest absolute Gasteiger partial charge is 0.326 e. The van der Waals surface area contributed by atoms with Crippen molar-refractivity contribution in [3.8, 4) is 0 Å². The molecular formula is C20H35N7O7S. The molecule has 1 rings (SSSR count). The summed E-state index contributed by atoms with van der Waals surface area (Å²) < 4.78 is 0. The highest BCUT2D eigenvalue weighted by Gasteiger charge is 2.38. The molecule has 1 fully saturated rings. The van der Waals surface area contributed by atoms with Gasteiger partial charge in [-0.05, 0) is 44.1 Å². The Morgan fingerprint density at radius 3 is 2.31 bits per heavy atom. The van der Waals surface area contributed by atoms with Crippen LogP contribution in [-0.4, -0.2) is 100.0 Å². The number of guanidine groups is 1. The third kappa shape index (κ3) is 10.4. The van der Waals surface area contributed by atoms with E-state index in [9.17, 15) is 34.2 Å². The average molecular weight is 518 g/mol. The third-order valence-electron chi connectivity index (χ3n) is 5.36. The topological polar surface area (TPSA) is 244 Å². The summed E-state index contributed by atoms with van der Waals surface area (Å²) >= 11 is 1.48. The first-order chi connectivity index (χ1) is 16.5. The van der Waals surface area contributed by atoms with Gasteiger partial charge in [0.15, 0.2) is 5.96 Å². The highest BCUT2D eigenvalue weighted by molar-refractivity contribution is 7.98. The number of amides is 3. The zero-order valence-corrected chi connectivity index (χ0v) is 20.5. The van der Waals surface area contributed by atoms with Gasteiger partial charge in [0.05, 0.1) is 12.5 Å². The van der Waals surface area contributed by atoms with Gasteiger partial charge in [0.2, 0.25) is 17.7 Å². The van der Waals surface area contributed by atoms with Gasteiger partial charge in [-0.3, -0.25) is 24.2 Å². The highest BCUT2D eigenvalue weighted by Crippen LogP contribution is 2.20. The molecule has 4 atom stereocenters. The minimum Gasteiger partial charge on any atom is -0.481 e. The van der Waals surface area contributed by atoms with E-state index in [2.05, 4.69) is 15.6 Å². The summed E-state index contributed by atoms with van der Waals surface area (Å²) in [7, 11) is 0. The lowest BCUT2D eigenvalue weighted by molar-refractivity contribution is -0.149. The van der Waals surface area contributed by atoms with E-state index in [-0.39, 0.29) is 38.3 Å². The fourth-order valence-corrected chi connectivity index (χ4v) is 4.05. The van der Waals surface area contributed by atoms with Crippen molar-refractivity contribution >= 4 is 47.4 Å². The Labute approximate surface area is 207 Å². The van der Waals surface area contributed by atoms with Crippen LogP contribution in [0.4, 0.5) is 0 Å². The molecule has 0 radical (unpaired) electrons. The van der Waals surface area contributed by atoms with E-state index in [0.29, 0.717) is 18.6 Å². The van der Waals surface area contributed by atoms with Crippen LogP contribution < -0.4 is 27.8 Å². The number of nitrogens with two attached hydrogens (primary N) is 3. The normalized spacial score (nSPS) is 17.7. The van der Waals surface area contributed by atoms with Crippen molar-refractivity contribution in [1.29, 1.82) is 0 Å². The Bertz CT molecular complexity index is 807. The first-order valence-electron chi connectivity index (χ1n) is 11.1. The molecule has 1 saturated heterocycles. The number of nitrogens with one attached hydrogen (secondary N) is 2. The number of aliphatic carboxylic acids is 2. The maximum Gasteiger partial charge on any atom is 0.326 e.